The van der Waals surface area contributed by atoms with Crippen molar-refractivity contribution in [3.63, 3.8) is 0 Å². The molecule has 1 fully saturated rings. The molecular formula is C14H15Cl2N3O3S2. The molecule has 1 saturated carbocycles. The second-order valence-corrected chi connectivity index (χ2v) is 9.55. The lowest BCUT2D eigenvalue weighted by Crippen LogP contribution is -2.39. The van der Waals surface area contributed by atoms with Gasteiger partial charge in [0.15, 0.2) is 0 Å². The molecule has 6 nitrogen and oxygen atoms in total. The molecule has 10 heteroatoms. The summed E-state index contributed by atoms with van der Waals surface area (Å²) < 4.78 is 33.7. The minimum Gasteiger partial charge on any atom is -0.460 e. The molecule has 2 aromatic rings. The monoisotopic (exact) mass is 407 g/mol. The smallest absolute Gasteiger partial charge is 0.316 e. The Hall–Kier alpha value is -0.930. The summed E-state index contributed by atoms with van der Waals surface area (Å²) in [5.41, 5.74) is 0. The van der Waals surface area contributed by atoms with Gasteiger partial charge >= 0.3 is 6.01 Å². The van der Waals surface area contributed by atoms with Crippen molar-refractivity contribution in [3.05, 3.63) is 33.9 Å². The molecule has 0 spiro atoms. The third-order valence-corrected chi connectivity index (χ3v) is 7.12. The standard InChI is InChI=1S/C14H15Cl2N3O3S2/c15-9-7-17-14(18-8-9)22-11-3-1-10(2-4-11)19-24(20,21)13-6-5-12(16)23-13/h5-8,10-11,19H,1-4H2. The zero-order chi connectivity index (χ0) is 17.2. The van der Waals surface area contributed by atoms with E-state index in [0.717, 1.165) is 24.2 Å². The van der Waals surface area contributed by atoms with E-state index in [0.29, 0.717) is 22.2 Å². The summed E-state index contributed by atoms with van der Waals surface area (Å²) in [6.07, 6.45) is 5.77. The average molecular weight is 408 g/mol. The maximum atomic E-state index is 12.3. The van der Waals surface area contributed by atoms with E-state index >= 15 is 0 Å². The Labute approximate surface area is 154 Å². The summed E-state index contributed by atoms with van der Waals surface area (Å²) in [6, 6.07) is 3.28. The highest BCUT2D eigenvalue weighted by molar-refractivity contribution is 7.91. The molecule has 2 aromatic heterocycles. The fourth-order valence-electron chi connectivity index (χ4n) is 2.53. The lowest BCUT2D eigenvalue weighted by molar-refractivity contribution is 0.132. The van der Waals surface area contributed by atoms with Crippen molar-refractivity contribution in [2.24, 2.45) is 0 Å². The summed E-state index contributed by atoms with van der Waals surface area (Å²) in [5.74, 6) is 0. The van der Waals surface area contributed by atoms with E-state index < -0.39 is 10.0 Å². The normalized spacial score (nSPS) is 21.6. The molecule has 0 aromatic carbocycles. The summed E-state index contributed by atoms with van der Waals surface area (Å²) in [6.45, 7) is 0. The number of thiophene rings is 1. The second kappa shape index (κ2) is 7.53. The first kappa shape index (κ1) is 17.9. The van der Waals surface area contributed by atoms with Gasteiger partial charge < -0.3 is 4.74 Å². The van der Waals surface area contributed by atoms with Gasteiger partial charge in [0.25, 0.3) is 0 Å². The first-order valence-electron chi connectivity index (χ1n) is 7.34. The number of sulfonamides is 1. The minimum atomic E-state index is -3.52. The van der Waals surface area contributed by atoms with Crippen molar-refractivity contribution in [1.82, 2.24) is 14.7 Å². The molecule has 0 atom stereocenters. The van der Waals surface area contributed by atoms with E-state index in [1.807, 2.05) is 0 Å². The van der Waals surface area contributed by atoms with Crippen molar-refractivity contribution in [1.29, 1.82) is 0 Å². The van der Waals surface area contributed by atoms with Gasteiger partial charge in [-0.25, -0.2) is 23.1 Å². The molecule has 0 radical (unpaired) electrons. The number of nitrogens with zero attached hydrogens (tertiary/aromatic N) is 2. The summed E-state index contributed by atoms with van der Waals surface area (Å²) in [5, 5.41) is 0.453. The van der Waals surface area contributed by atoms with Crippen LogP contribution in [0.4, 0.5) is 0 Å². The van der Waals surface area contributed by atoms with Crippen LogP contribution in [0.3, 0.4) is 0 Å². The van der Waals surface area contributed by atoms with Gasteiger partial charge in [0.05, 0.1) is 21.8 Å². The van der Waals surface area contributed by atoms with Crippen molar-refractivity contribution < 1.29 is 13.2 Å². The van der Waals surface area contributed by atoms with Gasteiger partial charge in [-0.1, -0.05) is 23.2 Å². The van der Waals surface area contributed by atoms with Crippen LogP contribution in [0.25, 0.3) is 0 Å². The maximum Gasteiger partial charge on any atom is 0.316 e. The van der Waals surface area contributed by atoms with Crippen LogP contribution >= 0.6 is 34.5 Å². The molecule has 0 bridgehead atoms. The molecule has 1 N–H and O–H groups in total. The Kier molecular flexibility index (Phi) is 5.61. The number of halogens is 2. The van der Waals surface area contributed by atoms with E-state index in [9.17, 15) is 8.42 Å². The third kappa shape index (κ3) is 4.58. The highest BCUT2D eigenvalue weighted by Crippen LogP contribution is 2.28. The van der Waals surface area contributed by atoms with E-state index in [1.54, 1.807) is 6.07 Å². The van der Waals surface area contributed by atoms with Gasteiger partial charge in [-0.05, 0) is 37.8 Å². The predicted molar refractivity (Wildman–Crippen MR) is 93.4 cm³/mol. The Balaban J connectivity index is 1.52. The Morgan fingerprint density at radius 2 is 1.79 bits per heavy atom. The van der Waals surface area contributed by atoms with E-state index in [-0.39, 0.29) is 22.4 Å². The summed E-state index contributed by atoms with van der Waals surface area (Å²) >= 11 is 12.6. The molecule has 0 saturated heterocycles. The second-order valence-electron chi connectivity index (χ2n) is 5.46. The third-order valence-electron chi connectivity index (χ3n) is 3.68. The van der Waals surface area contributed by atoms with Crippen LogP contribution < -0.4 is 9.46 Å². The van der Waals surface area contributed by atoms with Gasteiger partial charge in [-0.15, -0.1) is 11.3 Å². The van der Waals surface area contributed by atoms with Crippen molar-refractivity contribution in [2.75, 3.05) is 0 Å². The molecule has 24 heavy (non-hydrogen) atoms. The molecule has 1 aliphatic rings. The van der Waals surface area contributed by atoms with Crippen molar-refractivity contribution in [2.45, 2.75) is 42.0 Å². The van der Waals surface area contributed by atoms with Crippen LogP contribution in [0.15, 0.2) is 28.7 Å². The molecule has 130 valence electrons. The molecule has 1 aliphatic carbocycles. The Bertz CT molecular complexity index is 788. The van der Waals surface area contributed by atoms with Gasteiger partial charge in [-0.2, -0.15) is 0 Å². The fourth-order valence-corrected chi connectivity index (χ4v) is 5.43. The summed E-state index contributed by atoms with van der Waals surface area (Å²) in [4.78, 5) is 8.01. The molecule has 0 amide bonds. The lowest BCUT2D eigenvalue weighted by atomic mass is 9.94. The van der Waals surface area contributed by atoms with Gasteiger partial charge in [0.2, 0.25) is 10.0 Å². The quantitative estimate of drug-likeness (QED) is 0.819. The Morgan fingerprint density at radius 1 is 1.12 bits per heavy atom. The van der Waals surface area contributed by atoms with Gasteiger partial charge in [0, 0.05) is 6.04 Å². The predicted octanol–water partition coefficient (Wildman–Crippen LogP) is 3.51. The molecule has 0 unspecified atom stereocenters. The van der Waals surface area contributed by atoms with Crippen LogP contribution in [0.2, 0.25) is 9.36 Å². The van der Waals surface area contributed by atoms with Crippen LogP contribution in [-0.4, -0.2) is 30.5 Å². The van der Waals surface area contributed by atoms with Crippen LogP contribution in [-0.2, 0) is 10.0 Å². The molecular weight excluding hydrogens is 393 g/mol. The largest absolute Gasteiger partial charge is 0.460 e. The first-order valence-corrected chi connectivity index (χ1v) is 10.4. The average Bonchev–Trinajstić information content (AvgIpc) is 2.99. The molecule has 3 rings (SSSR count). The first-order chi connectivity index (χ1) is 11.4. The van der Waals surface area contributed by atoms with E-state index in [1.165, 1.54) is 18.5 Å². The number of hydrogen-bond acceptors (Lipinski definition) is 6. The summed E-state index contributed by atoms with van der Waals surface area (Å²) in [7, 11) is -3.52. The number of hydrogen-bond donors (Lipinski definition) is 1. The number of ether oxygens (including phenoxy) is 1. The zero-order valence-electron chi connectivity index (χ0n) is 12.5. The van der Waals surface area contributed by atoms with Gasteiger partial charge in [0.1, 0.15) is 10.3 Å². The number of aromatic nitrogens is 2. The van der Waals surface area contributed by atoms with Crippen LogP contribution in [0.1, 0.15) is 25.7 Å². The Morgan fingerprint density at radius 3 is 2.38 bits per heavy atom. The van der Waals surface area contributed by atoms with Crippen LogP contribution in [0.5, 0.6) is 6.01 Å². The van der Waals surface area contributed by atoms with E-state index in [4.69, 9.17) is 27.9 Å². The molecule has 0 aliphatic heterocycles. The van der Waals surface area contributed by atoms with E-state index in [2.05, 4.69) is 14.7 Å². The molecule has 2 heterocycles. The van der Waals surface area contributed by atoms with Crippen molar-refractivity contribution in [3.8, 4) is 6.01 Å². The number of rotatable bonds is 5. The topological polar surface area (TPSA) is 81.2 Å². The fraction of sp³-hybridized carbons (Fsp3) is 0.429. The maximum absolute atomic E-state index is 12.3. The van der Waals surface area contributed by atoms with Crippen LogP contribution in [0, 0.1) is 0 Å². The zero-order valence-corrected chi connectivity index (χ0v) is 15.6. The highest BCUT2D eigenvalue weighted by Gasteiger charge is 2.27. The van der Waals surface area contributed by atoms with Crippen molar-refractivity contribution >= 4 is 44.6 Å². The SMILES string of the molecule is O=S(=O)(NC1CCC(Oc2ncc(Cl)cn2)CC1)c1ccc(Cl)s1. The van der Waals surface area contributed by atoms with Gasteiger partial charge in [-0.3, -0.25) is 0 Å². The highest BCUT2D eigenvalue weighted by atomic mass is 35.5. The lowest BCUT2D eigenvalue weighted by Gasteiger charge is -2.28. The number of nitrogens with one attached hydrogen (secondary N) is 1. The minimum absolute atomic E-state index is 0.0249.